The van der Waals surface area contributed by atoms with Gasteiger partial charge in [-0.3, -0.25) is 9.59 Å². The van der Waals surface area contributed by atoms with Gasteiger partial charge in [-0.25, -0.2) is 0 Å². The van der Waals surface area contributed by atoms with Gasteiger partial charge in [-0.1, -0.05) is 62.4 Å². The molecule has 2 aromatic rings. The third-order valence-electron chi connectivity index (χ3n) is 4.16. The summed E-state index contributed by atoms with van der Waals surface area (Å²) in [7, 11) is 0. The van der Waals surface area contributed by atoms with Crippen LogP contribution < -0.4 is 10.6 Å². The molecule has 2 N–H and O–H groups in total. The Morgan fingerprint density at radius 3 is 2.28 bits per heavy atom. The maximum Gasteiger partial charge on any atom is 0.226 e. The molecule has 0 bridgehead atoms. The number of hydrogen-bond donors (Lipinski definition) is 2. The molecular weight excluding hydrogens is 312 g/mol. The number of benzene rings is 2. The Morgan fingerprint density at radius 1 is 1.00 bits per heavy atom. The summed E-state index contributed by atoms with van der Waals surface area (Å²) in [4.78, 5) is 24.2. The molecule has 0 saturated carbocycles. The third-order valence-corrected chi connectivity index (χ3v) is 4.16. The summed E-state index contributed by atoms with van der Waals surface area (Å²) in [5.41, 5.74) is 3.94. The lowest BCUT2D eigenvalue weighted by Gasteiger charge is -2.20. The maximum atomic E-state index is 12.6. The van der Waals surface area contributed by atoms with Gasteiger partial charge in [0.1, 0.15) is 0 Å². The molecule has 2 aromatic carbocycles. The standard InChI is InChI=1S/C21H26N2O2/c1-14(2)18-12-8-9-15(3)21(18)23-20(25)13-19(22-16(4)24)17-10-6-5-7-11-17/h5-12,14,19H,13H2,1-4H3,(H,22,24)(H,23,25)/t19-/m0/s1. The first kappa shape index (κ1) is 18.7. The second kappa shape index (κ2) is 8.47. The SMILES string of the molecule is CC(=O)N[C@@H](CC(=O)Nc1c(C)cccc1C(C)C)c1ccccc1. The lowest BCUT2D eigenvalue weighted by molar-refractivity contribution is -0.120. The normalized spacial score (nSPS) is 11.9. The first-order valence-corrected chi connectivity index (χ1v) is 8.60. The van der Waals surface area contributed by atoms with Gasteiger partial charge in [-0.15, -0.1) is 0 Å². The Hall–Kier alpha value is -2.62. The highest BCUT2D eigenvalue weighted by Crippen LogP contribution is 2.28. The van der Waals surface area contributed by atoms with Crippen molar-refractivity contribution in [3.05, 3.63) is 65.2 Å². The summed E-state index contributed by atoms with van der Waals surface area (Å²) < 4.78 is 0. The highest BCUT2D eigenvalue weighted by atomic mass is 16.2. The number of rotatable bonds is 6. The molecule has 0 unspecified atom stereocenters. The average molecular weight is 338 g/mol. The molecule has 0 spiro atoms. The van der Waals surface area contributed by atoms with Crippen LogP contribution in [0.25, 0.3) is 0 Å². The van der Waals surface area contributed by atoms with Crippen LogP contribution in [-0.4, -0.2) is 11.8 Å². The molecule has 1 atom stereocenters. The molecule has 2 rings (SSSR count). The Kier molecular flexibility index (Phi) is 6.34. The van der Waals surface area contributed by atoms with Crippen LogP contribution in [0.3, 0.4) is 0 Å². The van der Waals surface area contributed by atoms with Gasteiger partial charge in [0, 0.05) is 12.6 Å². The highest BCUT2D eigenvalue weighted by Gasteiger charge is 2.19. The van der Waals surface area contributed by atoms with E-state index in [1.807, 2.05) is 55.5 Å². The van der Waals surface area contributed by atoms with Crippen molar-refractivity contribution in [3.63, 3.8) is 0 Å². The molecular formula is C21H26N2O2. The first-order valence-electron chi connectivity index (χ1n) is 8.60. The van der Waals surface area contributed by atoms with Crippen molar-refractivity contribution < 1.29 is 9.59 Å². The number of hydrogen-bond acceptors (Lipinski definition) is 2. The molecule has 0 aliphatic rings. The second-order valence-corrected chi connectivity index (χ2v) is 6.61. The van der Waals surface area contributed by atoms with Crippen LogP contribution in [0, 0.1) is 6.92 Å². The molecule has 25 heavy (non-hydrogen) atoms. The quantitative estimate of drug-likeness (QED) is 0.824. The van der Waals surface area contributed by atoms with E-state index >= 15 is 0 Å². The topological polar surface area (TPSA) is 58.2 Å². The number of carbonyl (C=O) groups excluding carboxylic acids is 2. The molecule has 0 aliphatic carbocycles. The van der Waals surface area contributed by atoms with Crippen LogP contribution in [0.15, 0.2) is 48.5 Å². The molecule has 4 nitrogen and oxygen atoms in total. The van der Waals surface area contributed by atoms with Crippen LogP contribution in [0.5, 0.6) is 0 Å². The minimum absolute atomic E-state index is 0.112. The first-order chi connectivity index (χ1) is 11.9. The largest absolute Gasteiger partial charge is 0.349 e. The minimum Gasteiger partial charge on any atom is -0.349 e. The fourth-order valence-corrected chi connectivity index (χ4v) is 2.90. The number of anilines is 1. The molecule has 0 heterocycles. The molecule has 0 saturated heterocycles. The van der Waals surface area contributed by atoms with Gasteiger partial charge in [0.25, 0.3) is 0 Å². The molecule has 0 radical (unpaired) electrons. The highest BCUT2D eigenvalue weighted by molar-refractivity contribution is 5.93. The van der Waals surface area contributed by atoms with Crippen molar-refractivity contribution >= 4 is 17.5 Å². The van der Waals surface area contributed by atoms with E-state index in [2.05, 4.69) is 24.5 Å². The molecule has 2 amide bonds. The summed E-state index contributed by atoms with van der Waals surface area (Å²) in [5.74, 6) is 0.0506. The van der Waals surface area contributed by atoms with E-state index in [4.69, 9.17) is 0 Å². The number of nitrogens with one attached hydrogen (secondary N) is 2. The van der Waals surface area contributed by atoms with Crippen molar-refractivity contribution in [1.82, 2.24) is 5.32 Å². The number of aryl methyl sites for hydroxylation is 1. The van der Waals surface area contributed by atoms with Crippen LogP contribution in [0.1, 0.15) is 55.8 Å². The van der Waals surface area contributed by atoms with Crippen LogP contribution in [0.2, 0.25) is 0 Å². The predicted molar refractivity (Wildman–Crippen MR) is 102 cm³/mol. The van der Waals surface area contributed by atoms with E-state index in [1.54, 1.807) is 0 Å². The molecule has 0 aromatic heterocycles. The molecule has 0 aliphatic heterocycles. The van der Waals surface area contributed by atoms with Crippen LogP contribution in [-0.2, 0) is 9.59 Å². The minimum atomic E-state index is -0.342. The molecule has 4 heteroatoms. The monoisotopic (exact) mass is 338 g/mol. The Bertz CT molecular complexity index is 739. The van der Waals surface area contributed by atoms with Crippen molar-refractivity contribution in [2.45, 2.75) is 46.1 Å². The average Bonchev–Trinajstić information content (AvgIpc) is 2.56. The lowest BCUT2D eigenvalue weighted by atomic mass is 9.97. The van der Waals surface area contributed by atoms with Crippen molar-refractivity contribution in [3.8, 4) is 0 Å². The van der Waals surface area contributed by atoms with Crippen molar-refractivity contribution in [1.29, 1.82) is 0 Å². The second-order valence-electron chi connectivity index (χ2n) is 6.61. The third kappa shape index (κ3) is 5.18. The zero-order valence-electron chi connectivity index (χ0n) is 15.3. The van der Waals surface area contributed by atoms with Gasteiger partial charge < -0.3 is 10.6 Å². The van der Waals surface area contributed by atoms with Gasteiger partial charge in [-0.05, 0) is 29.5 Å². The molecule has 132 valence electrons. The van der Waals surface area contributed by atoms with E-state index in [-0.39, 0.29) is 24.3 Å². The van der Waals surface area contributed by atoms with Gasteiger partial charge in [-0.2, -0.15) is 0 Å². The maximum absolute atomic E-state index is 12.6. The summed E-state index contributed by atoms with van der Waals surface area (Å²) in [6.07, 6.45) is 0.190. The summed E-state index contributed by atoms with van der Waals surface area (Å²) in [6.45, 7) is 7.67. The van der Waals surface area contributed by atoms with Gasteiger partial charge in [0.15, 0.2) is 0 Å². The van der Waals surface area contributed by atoms with E-state index in [0.717, 1.165) is 22.4 Å². The van der Waals surface area contributed by atoms with Gasteiger partial charge in [0.2, 0.25) is 11.8 Å². The summed E-state index contributed by atoms with van der Waals surface area (Å²) in [5, 5.41) is 5.91. The van der Waals surface area contributed by atoms with Gasteiger partial charge >= 0.3 is 0 Å². The zero-order valence-corrected chi connectivity index (χ0v) is 15.3. The van der Waals surface area contributed by atoms with Crippen LogP contribution in [0.4, 0.5) is 5.69 Å². The smallest absolute Gasteiger partial charge is 0.226 e. The molecule has 0 fully saturated rings. The van der Waals surface area contributed by atoms with Crippen LogP contribution >= 0.6 is 0 Å². The summed E-state index contributed by atoms with van der Waals surface area (Å²) in [6, 6.07) is 15.2. The zero-order chi connectivity index (χ0) is 18.4. The Balaban J connectivity index is 2.19. The lowest BCUT2D eigenvalue weighted by Crippen LogP contribution is -2.30. The Morgan fingerprint density at radius 2 is 1.68 bits per heavy atom. The Labute approximate surface area is 149 Å². The van der Waals surface area contributed by atoms with Crippen molar-refractivity contribution in [2.75, 3.05) is 5.32 Å². The van der Waals surface area contributed by atoms with Gasteiger partial charge in [0.05, 0.1) is 12.5 Å². The summed E-state index contributed by atoms with van der Waals surface area (Å²) >= 11 is 0. The fourth-order valence-electron chi connectivity index (χ4n) is 2.90. The number of para-hydroxylation sites is 1. The number of amides is 2. The van der Waals surface area contributed by atoms with E-state index in [0.29, 0.717) is 5.92 Å². The fraction of sp³-hybridized carbons (Fsp3) is 0.333. The predicted octanol–water partition coefficient (Wildman–Crippen LogP) is 4.32. The van der Waals surface area contributed by atoms with E-state index in [9.17, 15) is 9.59 Å². The van der Waals surface area contributed by atoms with Crippen molar-refractivity contribution in [2.24, 2.45) is 0 Å². The van der Waals surface area contributed by atoms with E-state index < -0.39 is 0 Å². The van der Waals surface area contributed by atoms with E-state index in [1.165, 1.54) is 6.92 Å². The number of carbonyl (C=O) groups is 2.